The van der Waals surface area contributed by atoms with Gasteiger partial charge < -0.3 is 15.4 Å². The number of rotatable bonds is 5. The maximum Gasteiger partial charge on any atom is 0.245 e. The standard InChI is InChI=1S/C25H21N7O2/c1-2-21(33)31-13-10-18(15-31)22-20-9-12-29-25(27)32(20)23(30-22)16-5-7-19(8-6-16)34-24-17(14-26)4-3-11-28-24/h2-9,11-12,18H,1,10,13,15H2,(H2,27,29). The number of carbonyl (C=O) groups is 1. The second kappa shape index (κ2) is 8.67. The summed E-state index contributed by atoms with van der Waals surface area (Å²) in [6.45, 7) is 4.83. The zero-order valence-corrected chi connectivity index (χ0v) is 18.3. The van der Waals surface area contributed by atoms with Gasteiger partial charge >= 0.3 is 0 Å². The van der Waals surface area contributed by atoms with Crippen LogP contribution < -0.4 is 10.5 Å². The number of imidazole rings is 1. The fourth-order valence-electron chi connectivity index (χ4n) is 4.23. The van der Waals surface area contributed by atoms with E-state index in [9.17, 15) is 10.1 Å². The number of amides is 1. The number of benzene rings is 1. The van der Waals surface area contributed by atoms with E-state index in [1.165, 1.54) is 6.08 Å². The van der Waals surface area contributed by atoms with Crippen molar-refractivity contribution < 1.29 is 9.53 Å². The Hall–Kier alpha value is -4.71. The number of hydrogen-bond acceptors (Lipinski definition) is 7. The van der Waals surface area contributed by atoms with Crippen LogP contribution in [0.1, 0.15) is 23.6 Å². The fraction of sp³-hybridized carbons (Fsp3) is 0.160. The highest BCUT2D eigenvalue weighted by Crippen LogP contribution is 2.34. The Bertz CT molecular complexity index is 1440. The molecule has 9 nitrogen and oxygen atoms in total. The number of nitrogen functional groups attached to an aromatic ring is 1. The van der Waals surface area contributed by atoms with E-state index in [0.717, 1.165) is 23.2 Å². The van der Waals surface area contributed by atoms with E-state index >= 15 is 0 Å². The molecule has 9 heteroatoms. The highest BCUT2D eigenvalue weighted by Gasteiger charge is 2.30. The first-order chi connectivity index (χ1) is 16.6. The summed E-state index contributed by atoms with van der Waals surface area (Å²) in [6, 6.07) is 14.6. The van der Waals surface area contributed by atoms with Gasteiger partial charge in [0.15, 0.2) is 0 Å². The number of fused-ring (bicyclic) bond motifs is 1. The smallest absolute Gasteiger partial charge is 0.245 e. The summed E-state index contributed by atoms with van der Waals surface area (Å²) in [5.74, 6) is 1.79. The number of nitriles is 1. The summed E-state index contributed by atoms with van der Waals surface area (Å²) in [6.07, 6.45) is 5.39. The molecule has 168 valence electrons. The summed E-state index contributed by atoms with van der Waals surface area (Å²) in [4.78, 5) is 27.2. The molecule has 2 N–H and O–H groups in total. The zero-order chi connectivity index (χ0) is 23.7. The van der Waals surface area contributed by atoms with Crippen LogP contribution in [-0.2, 0) is 4.79 Å². The number of carbonyl (C=O) groups excluding carboxylic acids is 1. The molecule has 1 amide bonds. The molecule has 1 saturated heterocycles. The summed E-state index contributed by atoms with van der Waals surface area (Å²) in [5.41, 5.74) is 9.17. The van der Waals surface area contributed by atoms with Crippen molar-refractivity contribution in [1.29, 1.82) is 5.26 Å². The third-order valence-corrected chi connectivity index (χ3v) is 5.89. The predicted octanol–water partition coefficient (Wildman–Crippen LogP) is 3.54. The topological polar surface area (TPSA) is 122 Å². The van der Waals surface area contributed by atoms with Crippen LogP contribution in [0.2, 0.25) is 0 Å². The molecule has 4 aromatic rings. The van der Waals surface area contributed by atoms with Crippen LogP contribution in [0.4, 0.5) is 5.95 Å². The van der Waals surface area contributed by atoms with Gasteiger partial charge in [-0.05, 0) is 55.0 Å². The van der Waals surface area contributed by atoms with Gasteiger partial charge in [0, 0.05) is 37.0 Å². The first kappa shape index (κ1) is 21.2. The first-order valence-electron chi connectivity index (χ1n) is 10.8. The molecule has 4 heterocycles. The fourth-order valence-corrected chi connectivity index (χ4v) is 4.23. The van der Waals surface area contributed by atoms with E-state index in [4.69, 9.17) is 15.5 Å². The Morgan fingerprint density at radius 2 is 2.03 bits per heavy atom. The highest BCUT2D eigenvalue weighted by molar-refractivity contribution is 5.87. The molecule has 1 atom stereocenters. The third-order valence-electron chi connectivity index (χ3n) is 5.89. The maximum absolute atomic E-state index is 12.1. The molecule has 1 unspecified atom stereocenters. The second-order valence-corrected chi connectivity index (χ2v) is 7.91. The van der Waals surface area contributed by atoms with Crippen molar-refractivity contribution in [1.82, 2.24) is 24.3 Å². The van der Waals surface area contributed by atoms with Gasteiger partial charge in [0.1, 0.15) is 23.2 Å². The van der Waals surface area contributed by atoms with Crippen LogP contribution in [0.15, 0.2) is 67.5 Å². The van der Waals surface area contributed by atoms with Crippen molar-refractivity contribution in [3.8, 4) is 29.1 Å². The van der Waals surface area contributed by atoms with Gasteiger partial charge in [0.25, 0.3) is 0 Å². The molecule has 1 aliphatic heterocycles. The maximum atomic E-state index is 12.1. The number of nitrogens with two attached hydrogens (primary N) is 1. The van der Waals surface area contributed by atoms with E-state index in [-0.39, 0.29) is 17.7 Å². The number of nitrogens with zero attached hydrogens (tertiary/aromatic N) is 6. The van der Waals surface area contributed by atoms with Crippen molar-refractivity contribution in [3.63, 3.8) is 0 Å². The van der Waals surface area contributed by atoms with Gasteiger partial charge in [-0.15, -0.1) is 0 Å². The van der Waals surface area contributed by atoms with Crippen LogP contribution in [0.3, 0.4) is 0 Å². The third kappa shape index (κ3) is 3.71. The summed E-state index contributed by atoms with van der Waals surface area (Å²) < 4.78 is 7.62. The number of anilines is 1. The van der Waals surface area contributed by atoms with Crippen LogP contribution in [-0.4, -0.2) is 43.2 Å². The average Bonchev–Trinajstić information content (AvgIpc) is 3.50. The van der Waals surface area contributed by atoms with Crippen molar-refractivity contribution in [2.75, 3.05) is 18.8 Å². The average molecular weight is 451 g/mol. The van der Waals surface area contributed by atoms with Gasteiger partial charge in [0.05, 0.1) is 11.2 Å². The van der Waals surface area contributed by atoms with E-state index in [2.05, 4.69) is 22.6 Å². The number of pyridine rings is 1. The first-order valence-corrected chi connectivity index (χ1v) is 10.8. The molecule has 0 spiro atoms. The Labute approximate surface area is 195 Å². The van der Waals surface area contributed by atoms with Crippen LogP contribution in [0.25, 0.3) is 16.9 Å². The molecular formula is C25H21N7O2. The Balaban J connectivity index is 1.49. The van der Waals surface area contributed by atoms with Crippen LogP contribution in [0.5, 0.6) is 11.6 Å². The van der Waals surface area contributed by atoms with Crippen LogP contribution in [0, 0.1) is 11.3 Å². The van der Waals surface area contributed by atoms with Crippen LogP contribution >= 0.6 is 0 Å². The lowest BCUT2D eigenvalue weighted by Gasteiger charge is -2.13. The summed E-state index contributed by atoms with van der Waals surface area (Å²) >= 11 is 0. The lowest BCUT2D eigenvalue weighted by molar-refractivity contribution is -0.125. The van der Waals surface area contributed by atoms with Gasteiger partial charge in [0.2, 0.25) is 17.7 Å². The predicted molar refractivity (Wildman–Crippen MR) is 126 cm³/mol. The van der Waals surface area contributed by atoms with Crippen molar-refractivity contribution >= 4 is 17.4 Å². The normalized spacial score (nSPS) is 15.3. The molecule has 1 aliphatic rings. The van der Waals surface area contributed by atoms with E-state index < -0.39 is 0 Å². The second-order valence-electron chi connectivity index (χ2n) is 7.91. The van der Waals surface area contributed by atoms with Crippen molar-refractivity contribution in [2.45, 2.75) is 12.3 Å². The SMILES string of the molecule is C=CC(=O)N1CCC(c2nc(-c3ccc(Oc4ncccc4C#N)cc3)n3c(N)nccc23)C1. The van der Waals surface area contributed by atoms with E-state index in [1.807, 2.05) is 22.6 Å². The largest absolute Gasteiger partial charge is 0.438 e. The number of ether oxygens (including phenoxy) is 1. The monoisotopic (exact) mass is 451 g/mol. The van der Waals surface area contributed by atoms with Gasteiger partial charge in [-0.25, -0.2) is 15.0 Å². The molecule has 0 radical (unpaired) electrons. The molecular weight excluding hydrogens is 430 g/mol. The number of likely N-dealkylation sites (tertiary alicyclic amines) is 1. The molecule has 0 saturated carbocycles. The molecule has 34 heavy (non-hydrogen) atoms. The van der Waals surface area contributed by atoms with Gasteiger partial charge in [-0.1, -0.05) is 6.58 Å². The van der Waals surface area contributed by atoms with Gasteiger partial charge in [-0.2, -0.15) is 5.26 Å². The summed E-state index contributed by atoms with van der Waals surface area (Å²) in [7, 11) is 0. The molecule has 3 aromatic heterocycles. The number of aromatic nitrogens is 4. The minimum atomic E-state index is -0.0736. The Morgan fingerprint density at radius 3 is 2.79 bits per heavy atom. The quantitative estimate of drug-likeness (QED) is 0.461. The van der Waals surface area contributed by atoms with E-state index in [0.29, 0.717) is 36.2 Å². The Morgan fingerprint density at radius 1 is 1.21 bits per heavy atom. The minimum absolute atomic E-state index is 0.0736. The lowest BCUT2D eigenvalue weighted by atomic mass is 10.0. The lowest BCUT2D eigenvalue weighted by Crippen LogP contribution is -2.26. The van der Waals surface area contributed by atoms with Crippen molar-refractivity contribution in [3.05, 3.63) is 78.8 Å². The molecule has 1 fully saturated rings. The van der Waals surface area contributed by atoms with Gasteiger partial charge in [-0.3, -0.25) is 9.20 Å². The number of hydrogen-bond donors (Lipinski definition) is 1. The Kier molecular flexibility index (Phi) is 5.40. The molecule has 0 bridgehead atoms. The van der Waals surface area contributed by atoms with E-state index in [1.54, 1.807) is 41.6 Å². The molecule has 0 aliphatic carbocycles. The molecule has 1 aromatic carbocycles. The minimum Gasteiger partial charge on any atom is -0.438 e. The highest BCUT2D eigenvalue weighted by atomic mass is 16.5. The van der Waals surface area contributed by atoms with Crippen molar-refractivity contribution in [2.24, 2.45) is 0 Å². The molecule has 5 rings (SSSR count). The zero-order valence-electron chi connectivity index (χ0n) is 18.3. The summed E-state index contributed by atoms with van der Waals surface area (Å²) in [5, 5.41) is 9.24.